The van der Waals surface area contributed by atoms with Gasteiger partial charge in [-0.3, -0.25) is 9.78 Å². The van der Waals surface area contributed by atoms with Crippen LogP contribution in [0.1, 0.15) is 5.56 Å². The van der Waals surface area contributed by atoms with Crippen molar-refractivity contribution in [1.29, 1.82) is 0 Å². The Bertz CT molecular complexity index is 375. The zero-order valence-electron chi connectivity index (χ0n) is 5.37. The van der Waals surface area contributed by atoms with E-state index in [-0.39, 0.29) is 5.56 Å². The van der Waals surface area contributed by atoms with Gasteiger partial charge in [0.15, 0.2) is 0 Å². The molecule has 0 saturated carbocycles. The summed E-state index contributed by atoms with van der Waals surface area (Å²) in [5, 5.41) is 10.7. The molecule has 0 aromatic carbocycles. The molecule has 0 aliphatic carbocycles. The van der Waals surface area contributed by atoms with Gasteiger partial charge in [-0.05, 0) is 0 Å². The highest BCUT2D eigenvalue weighted by atomic mass is 16.4. The van der Waals surface area contributed by atoms with Crippen molar-refractivity contribution in [2.75, 3.05) is 0 Å². The van der Waals surface area contributed by atoms with E-state index >= 15 is 0 Å². The minimum absolute atomic E-state index is 0.0899. The van der Waals surface area contributed by atoms with E-state index in [1.165, 1.54) is 0 Å². The number of hydrogen-bond acceptors (Lipinski definition) is 4. The first kappa shape index (κ1) is 7.26. The normalized spacial score (nSPS) is 10.5. The van der Waals surface area contributed by atoms with Gasteiger partial charge in [0.1, 0.15) is 0 Å². The van der Waals surface area contributed by atoms with Crippen molar-refractivity contribution in [1.82, 2.24) is 9.97 Å². The predicted octanol–water partition coefficient (Wildman–Crippen LogP) is -1.13. The van der Waals surface area contributed by atoms with Gasteiger partial charge in [0.05, 0.1) is 11.8 Å². The second-order valence-electron chi connectivity index (χ2n) is 1.77. The first-order valence-electron chi connectivity index (χ1n) is 2.73. The van der Waals surface area contributed by atoms with Gasteiger partial charge >= 0.3 is 5.69 Å². The molecule has 6 heteroatoms. The fraction of sp³-hybridized carbons (Fsp3) is 0. The van der Waals surface area contributed by atoms with Gasteiger partial charge in [-0.25, -0.2) is 4.79 Å². The van der Waals surface area contributed by atoms with Crippen molar-refractivity contribution in [3.05, 3.63) is 32.6 Å². The minimum Gasteiger partial charge on any atom is -0.411 e. The summed E-state index contributed by atoms with van der Waals surface area (Å²) in [5.41, 5.74) is -1.09. The molecule has 1 rings (SSSR count). The highest BCUT2D eigenvalue weighted by molar-refractivity contribution is 5.77. The predicted molar refractivity (Wildman–Crippen MR) is 37.1 cm³/mol. The van der Waals surface area contributed by atoms with E-state index in [2.05, 4.69) is 10.1 Å². The maximum atomic E-state index is 10.8. The maximum Gasteiger partial charge on any atom is 0.325 e. The van der Waals surface area contributed by atoms with Gasteiger partial charge in [-0.15, -0.1) is 0 Å². The Morgan fingerprint density at radius 1 is 1.55 bits per heavy atom. The molecule has 6 nitrogen and oxygen atoms in total. The molecule has 0 amide bonds. The van der Waals surface area contributed by atoms with Crippen molar-refractivity contribution in [3.63, 3.8) is 0 Å². The van der Waals surface area contributed by atoms with Gasteiger partial charge in [-0.2, -0.15) is 0 Å². The summed E-state index contributed by atoms with van der Waals surface area (Å²) in [6.45, 7) is 0. The summed E-state index contributed by atoms with van der Waals surface area (Å²) >= 11 is 0. The molecule has 0 bridgehead atoms. The van der Waals surface area contributed by atoms with Crippen LogP contribution in [0.3, 0.4) is 0 Å². The summed E-state index contributed by atoms with van der Waals surface area (Å²) in [5.74, 6) is 0. The van der Waals surface area contributed by atoms with Crippen LogP contribution in [0.5, 0.6) is 0 Å². The van der Waals surface area contributed by atoms with Crippen molar-refractivity contribution in [2.24, 2.45) is 5.16 Å². The summed E-state index contributed by atoms with van der Waals surface area (Å²) in [4.78, 5) is 25.3. The van der Waals surface area contributed by atoms with Crippen molar-refractivity contribution >= 4 is 6.21 Å². The standard InChI is InChI=1S/C5H5N3O3/c9-4-3(2-7-11)1-6-5(10)8-4/h1-2,11H,(H2,6,8,9,10)/b7-2-. The molecular weight excluding hydrogens is 150 g/mol. The first-order chi connectivity index (χ1) is 5.24. The van der Waals surface area contributed by atoms with Crippen LogP contribution < -0.4 is 11.2 Å². The maximum absolute atomic E-state index is 10.8. The van der Waals surface area contributed by atoms with Crippen LogP contribution in [0, 0.1) is 0 Å². The van der Waals surface area contributed by atoms with Crippen molar-refractivity contribution < 1.29 is 5.21 Å². The molecular formula is C5H5N3O3. The van der Waals surface area contributed by atoms with Crippen LogP contribution in [0.4, 0.5) is 0 Å². The number of oxime groups is 1. The molecule has 1 heterocycles. The smallest absolute Gasteiger partial charge is 0.325 e. The molecule has 0 saturated heterocycles. The Morgan fingerprint density at radius 3 is 2.82 bits per heavy atom. The third kappa shape index (κ3) is 1.54. The summed E-state index contributed by atoms with van der Waals surface area (Å²) in [6.07, 6.45) is 2.08. The van der Waals surface area contributed by atoms with E-state index in [1.807, 2.05) is 4.98 Å². The van der Waals surface area contributed by atoms with Crippen molar-refractivity contribution in [2.45, 2.75) is 0 Å². The number of nitrogens with zero attached hydrogens (tertiary/aromatic N) is 1. The molecule has 0 aliphatic rings. The van der Waals surface area contributed by atoms with E-state index < -0.39 is 11.2 Å². The lowest BCUT2D eigenvalue weighted by atomic mass is 10.4. The summed E-state index contributed by atoms with van der Waals surface area (Å²) < 4.78 is 0. The van der Waals surface area contributed by atoms with Crippen LogP contribution in [0.2, 0.25) is 0 Å². The number of hydrogen-bond donors (Lipinski definition) is 3. The SMILES string of the molecule is O=c1[nH]cc(/C=N\O)c(=O)[nH]1. The topological polar surface area (TPSA) is 98.3 Å². The van der Waals surface area contributed by atoms with Gasteiger partial charge < -0.3 is 10.2 Å². The average molecular weight is 155 g/mol. The molecule has 58 valence electrons. The van der Waals surface area contributed by atoms with Gasteiger partial charge in [-0.1, -0.05) is 5.16 Å². The van der Waals surface area contributed by atoms with Crippen LogP contribution >= 0.6 is 0 Å². The third-order valence-corrected chi connectivity index (χ3v) is 1.04. The lowest BCUT2D eigenvalue weighted by Crippen LogP contribution is -2.24. The second kappa shape index (κ2) is 2.82. The molecule has 11 heavy (non-hydrogen) atoms. The third-order valence-electron chi connectivity index (χ3n) is 1.04. The van der Waals surface area contributed by atoms with Crippen LogP contribution in [0.25, 0.3) is 0 Å². The highest BCUT2D eigenvalue weighted by Crippen LogP contribution is 1.75. The van der Waals surface area contributed by atoms with E-state index in [0.717, 1.165) is 12.4 Å². The van der Waals surface area contributed by atoms with Crippen LogP contribution in [-0.4, -0.2) is 21.4 Å². The number of rotatable bonds is 1. The average Bonchev–Trinajstić information content (AvgIpc) is 1.95. The van der Waals surface area contributed by atoms with Crippen LogP contribution in [-0.2, 0) is 0 Å². The number of aromatic nitrogens is 2. The van der Waals surface area contributed by atoms with Crippen LogP contribution in [0.15, 0.2) is 20.9 Å². The zero-order valence-corrected chi connectivity index (χ0v) is 5.37. The van der Waals surface area contributed by atoms with E-state index in [9.17, 15) is 9.59 Å². The molecule has 3 N–H and O–H groups in total. The van der Waals surface area contributed by atoms with E-state index in [4.69, 9.17) is 5.21 Å². The monoisotopic (exact) mass is 155 g/mol. The molecule has 0 spiro atoms. The molecule has 1 aromatic heterocycles. The molecule has 0 radical (unpaired) electrons. The van der Waals surface area contributed by atoms with Gasteiger partial charge in [0.25, 0.3) is 5.56 Å². The van der Waals surface area contributed by atoms with Gasteiger partial charge in [0, 0.05) is 6.20 Å². The summed E-state index contributed by atoms with van der Waals surface area (Å²) in [7, 11) is 0. The lowest BCUT2D eigenvalue weighted by molar-refractivity contribution is 0.322. The Balaban J connectivity index is 3.31. The Labute approximate surface area is 60.2 Å². The lowest BCUT2D eigenvalue weighted by Gasteiger charge is -1.86. The molecule has 0 unspecified atom stereocenters. The first-order valence-corrected chi connectivity index (χ1v) is 2.73. The number of H-pyrrole nitrogens is 2. The number of nitrogens with one attached hydrogen (secondary N) is 2. The zero-order chi connectivity index (χ0) is 8.27. The van der Waals surface area contributed by atoms with E-state index in [0.29, 0.717) is 0 Å². The molecule has 0 atom stereocenters. The highest BCUT2D eigenvalue weighted by Gasteiger charge is 1.94. The quantitative estimate of drug-likeness (QED) is 0.272. The molecule has 0 aliphatic heterocycles. The Kier molecular flexibility index (Phi) is 1.86. The summed E-state index contributed by atoms with van der Waals surface area (Å²) in [6, 6.07) is 0. The van der Waals surface area contributed by atoms with Crippen molar-refractivity contribution in [3.8, 4) is 0 Å². The molecule has 0 fully saturated rings. The second-order valence-corrected chi connectivity index (χ2v) is 1.77. The molecule has 1 aromatic rings. The minimum atomic E-state index is -0.593. The Hall–Kier alpha value is -1.85. The van der Waals surface area contributed by atoms with Gasteiger partial charge in [0.2, 0.25) is 0 Å². The van der Waals surface area contributed by atoms with E-state index in [1.54, 1.807) is 0 Å². The fourth-order valence-electron chi connectivity index (χ4n) is 0.578. The number of aromatic amines is 2. The largest absolute Gasteiger partial charge is 0.411 e. The Morgan fingerprint density at radius 2 is 2.27 bits per heavy atom. The fourth-order valence-corrected chi connectivity index (χ4v) is 0.578.